The topological polar surface area (TPSA) is 41.6 Å². The zero-order chi connectivity index (χ0) is 12.5. The average molecular weight is 240 g/mol. The van der Waals surface area contributed by atoms with Gasteiger partial charge in [0.2, 0.25) is 5.91 Å². The number of carbonyl (C=O) groups excluding carboxylic acids is 1. The van der Waals surface area contributed by atoms with E-state index in [2.05, 4.69) is 10.2 Å². The van der Waals surface area contributed by atoms with Gasteiger partial charge in [-0.2, -0.15) is 0 Å². The van der Waals surface area contributed by atoms with Crippen molar-refractivity contribution < 1.29 is 9.53 Å². The molecule has 98 valence electrons. The highest BCUT2D eigenvalue weighted by Gasteiger charge is 2.34. The molecule has 1 saturated heterocycles. The lowest BCUT2D eigenvalue weighted by atomic mass is 10.2. The number of hydrogen-bond acceptors (Lipinski definition) is 3. The molecule has 0 aromatic carbocycles. The molecule has 1 heterocycles. The molecule has 0 bridgehead atoms. The first-order chi connectivity index (χ1) is 7.94. The fourth-order valence-corrected chi connectivity index (χ4v) is 2.23. The Kier molecular flexibility index (Phi) is 3.73. The Hall–Kier alpha value is -0.610. The Balaban J connectivity index is 1.65. The molecule has 1 aliphatic heterocycles. The van der Waals surface area contributed by atoms with Crippen LogP contribution in [0.3, 0.4) is 0 Å². The van der Waals surface area contributed by atoms with Crippen LogP contribution in [0.4, 0.5) is 0 Å². The molecule has 2 fully saturated rings. The van der Waals surface area contributed by atoms with E-state index in [1.165, 1.54) is 12.8 Å². The van der Waals surface area contributed by atoms with Gasteiger partial charge in [-0.3, -0.25) is 9.69 Å². The number of likely N-dealkylation sites (tertiary alicyclic amines) is 1. The normalized spacial score (nSPS) is 26.2. The number of nitrogens with zero attached hydrogens (tertiary/aromatic N) is 1. The van der Waals surface area contributed by atoms with Crippen LogP contribution in [0.5, 0.6) is 0 Å². The van der Waals surface area contributed by atoms with Gasteiger partial charge in [0.25, 0.3) is 0 Å². The number of ether oxygens (including phenoxy) is 1. The van der Waals surface area contributed by atoms with Crippen LogP contribution in [0.25, 0.3) is 0 Å². The van der Waals surface area contributed by atoms with Crippen LogP contribution in [0.1, 0.15) is 40.0 Å². The third kappa shape index (κ3) is 4.28. The van der Waals surface area contributed by atoms with Crippen LogP contribution in [0.15, 0.2) is 0 Å². The van der Waals surface area contributed by atoms with Crippen molar-refractivity contribution in [2.45, 2.75) is 57.7 Å². The van der Waals surface area contributed by atoms with Gasteiger partial charge < -0.3 is 10.1 Å². The Morgan fingerprint density at radius 2 is 2.06 bits per heavy atom. The first-order valence-corrected chi connectivity index (χ1v) is 6.61. The highest BCUT2D eigenvalue weighted by atomic mass is 16.5. The molecule has 2 rings (SSSR count). The zero-order valence-corrected chi connectivity index (χ0v) is 11.2. The summed E-state index contributed by atoms with van der Waals surface area (Å²) in [5.74, 6) is 0.0163. The van der Waals surface area contributed by atoms with E-state index in [4.69, 9.17) is 4.74 Å². The quantitative estimate of drug-likeness (QED) is 0.801. The number of rotatable bonds is 4. The smallest absolute Gasteiger partial charge is 0.246 e. The molecule has 4 nitrogen and oxygen atoms in total. The second-order valence-electron chi connectivity index (χ2n) is 6.18. The second kappa shape index (κ2) is 4.94. The zero-order valence-electron chi connectivity index (χ0n) is 11.2. The first kappa shape index (κ1) is 12.8. The van der Waals surface area contributed by atoms with Crippen LogP contribution in [0, 0.1) is 0 Å². The van der Waals surface area contributed by atoms with Crippen LogP contribution in [-0.2, 0) is 9.53 Å². The van der Waals surface area contributed by atoms with Crippen molar-refractivity contribution in [1.29, 1.82) is 0 Å². The maximum absolute atomic E-state index is 11.7. The predicted molar refractivity (Wildman–Crippen MR) is 66.8 cm³/mol. The number of carbonyl (C=O) groups is 1. The van der Waals surface area contributed by atoms with Gasteiger partial charge >= 0.3 is 0 Å². The molecule has 2 aliphatic rings. The maximum atomic E-state index is 11.7. The molecular weight excluding hydrogens is 216 g/mol. The third-order valence-electron chi connectivity index (χ3n) is 3.28. The summed E-state index contributed by atoms with van der Waals surface area (Å²) in [7, 11) is 0. The van der Waals surface area contributed by atoms with Crippen molar-refractivity contribution in [3.63, 3.8) is 0 Å². The summed E-state index contributed by atoms with van der Waals surface area (Å²) in [6.07, 6.45) is 3.76. The van der Waals surface area contributed by atoms with Gasteiger partial charge in [-0.25, -0.2) is 0 Å². The van der Waals surface area contributed by atoms with E-state index >= 15 is 0 Å². The SMILES string of the molecule is CC(C)(C)OCC(=O)NC1CCN(C2CC2)C1. The van der Waals surface area contributed by atoms with Gasteiger partial charge in [-0.15, -0.1) is 0 Å². The molecule has 1 amide bonds. The van der Waals surface area contributed by atoms with Crippen molar-refractivity contribution in [2.24, 2.45) is 0 Å². The Morgan fingerprint density at radius 1 is 1.35 bits per heavy atom. The molecule has 17 heavy (non-hydrogen) atoms. The van der Waals surface area contributed by atoms with E-state index in [1.807, 2.05) is 20.8 Å². The molecule has 4 heteroatoms. The van der Waals surface area contributed by atoms with Crippen molar-refractivity contribution >= 4 is 5.91 Å². The van der Waals surface area contributed by atoms with Gasteiger partial charge in [0.05, 0.1) is 5.60 Å². The Labute approximate surface area is 104 Å². The van der Waals surface area contributed by atoms with E-state index < -0.39 is 0 Å². The van der Waals surface area contributed by atoms with E-state index in [0.717, 1.165) is 25.6 Å². The summed E-state index contributed by atoms with van der Waals surface area (Å²) in [6, 6.07) is 1.13. The Bertz CT molecular complexity index is 282. The molecule has 1 aliphatic carbocycles. The predicted octanol–water partition coefficient (Wildman–Crippen LogP) is 1.15. The van der Waals surface area contributed by atoms with Crippen molar-refractivity contribution in [2.75, 3.05) is 19.7 Å². The van der Waals surface area contributed by atoms with E-state index in [9.17, 15) is 4.79 Å². The Morgan fingerprint density at radius 3 is 2.65 bits per heavy atom. The number of amides is 1. The summed E-state index contributed by atoms with van der Waals surface area (Å²) < 4.78 is 5.46. The highest BCUT2D eigenvalue weighted by Crippen LogP contribution is 2.29. The summed E-state index contributed by atoms with van der Waals surface area (Å²) in [5, 5.41) is 3.06. The lowest BCUT2D eigenvalue weighted by Gasteiger charge is -2.20. The molecule has 1 saturated carbocycles. The van der Waals surface area contributed by atoms with Gasteiger partial charge in [0.15, 0.2) is 0 Å². The minimum absolute atomic E-state index is 0.0163. The number of hydrogen-bond donors (Lipinski definition) is 1. The van der Waals surface area contributed by atoms with E-state index in [0.29, 0.717) is 6.04 Å². The lowest BCUT2D eigenvalue weighted by molar-refractivity contribution is -0.131. The summed E-state index contributed by atoms with van der Waals surface area (Å²) >= 11 is 0. The molecule has 0 aromatic rings. The first-order valence-electron chi connectivity index (χ1n) is 6.61. The summed E-state index contributed by atoms with van der Waals surface area (Å²) in [5.41, 5.74) is -0.243. The van der Waals surface area contributed by atoms with E-state index in [-0.39, 0.29) is 18.1 Å². The fraction of sp³-hybridized carbons (Fsp3) is 0.923. The second-order valence-corrected chi connectivity index (χ2v) is 6.18. The minimum atomic E-state index is -0.243. The molecule has 1 unspecified atom stereocenters. The minimum Gasteiger partial charge on any atom is -0.366 e. The van der Waals surface area contributed by atoms with Gasteiger partial charge in [0.1, 0.15) is 6.61 Å². The van der Waals surface area contributed by atoms with Crippen LogP contribution < -0.4 is 5.32 Å². The molecule has 1 atom stereocenters. The van der Waals surface area contributed by atoms with Crippen molar-refractivity contribution in [3.05, 3.63) is 0 Å². The van der Waals surface area contributed by atoms with Crippen LogP contribution in [-0.4, -0.2) is 48.2 Å². The van der Waals surface area contributed by atoms with Crippen LogP contribution >= 0.6 is 0 Å². The average Bonchev–Trinajstić information content (AvgIpc) is 2.97. The maximum Gasteiger partial charge on any atom is 0.246 e. The van der Waals surface area contributed by atoms with Gasteiger partial charge in [-0.1, -0.05) is 0 Å². The molecular formula is C13H24N2O2. The molecule has 1 N–H and O–H groups in total. The molecule has 0 spiro atoms. The number of nitrogens with one attached hydrogen (secondary N) is 1. The lowest BCUT2D eigenvalue weighted by Crippen LogP contribution is -2.40. The van der Waals surface area contributed by atoms with Gasteiger partial charge in [-0.05, 0) is 40.0 Å². The molecule has 0 radical (unpaired) electrons. The summed E-state index contributed by atoms with van der Waals surface area (Å²) in [6.45, 7) is 8.21. The van der Waals surface area contributed by atoms with Crippen molar-refractivity contribution in [1.82, 2.24) is 10.2 Å². The standard InChI is InChI=1S/C13H24N2O2/c1-13(2,3)17-9-12(16)14-10-6-7-15(8-10)11-4-5-11/h10-11H,4-9H2,1-3H3,(H,14,16). The monoisotopic (exact) mass is 240 g/mol. The van der Waals surface area contributed by atoms with E-state index in [1.54, 1.807) is 0 Å². The van der Waals surface area contributed by atoms with Gasteiger partial charge in [0, 0.05) is 25.2 Å². The molecule has 0 aromatic heterocycles. The van der Waals surface area contributed by atoms with Crippen molar-refractivity contribution in [3.8, 4) is 0 Å². The van der Waals surface area contributed by atoms with Crippen LogP contribution in [0.2, 0.25) is 0 Å². The third-order valence-corrected chi connectivity index (χ3v) is 3.28. The highest BCUT2D eigenvalue weighted by molar-refractivity contribution is 5.77. The largest absolute Gasteiger partial charge is 0.366 e. The summed E-state index contributed by atoms with van der Waals surface area (Å²) in [4.78, 5) is 14.2. The fourth-order valence-electron chi connectivity index (χ4n) is 2.23.